The van der Waals surface area contributed by atoms with Gasteiger partial charge in [-0.05, 0) is 42.8 Å². The van der Waals surface area contributed by atoms with Gasteiger partial charge in [0.2, 0.25) is 0 Å². The third-order valence-electron chi connectivity index (χ3n) is 3.25. The molecule has 2 rings (SSSR count). The first-order valence-electron chi connectivity index (χ1n) is 7.00. The number of halogens is 2. The predicted molar refractivity (Wildman–Crippen MR) is 91.5 cm³/mol. The van der Waals surface area contributed by atoms with E-state index in [0.717, 1.165) is 11.3 Å². The zero-order valence-electron chi connectivity index (χ0n) is 12.8. The second-order valence-electron chi connectivity index (χ2n) is 4.93. The number of carbonyl (C=O) groups is 1. The molecule has 0 radical (unpaired) electrons. The van der Waals surface area contributed by atoms with E-state index in [2.05, 4.69) is 5.32 Å². The summed E-state index contributed by atoms with van der Waals surface area (Å²) in [5.41, 5.74) is 0.976. The van der Waals surface area contributed by atoms with Crippen LogP contribution in [0.1, 0.15) is 18.5 Å². The van der Waals surface area contributed by atoms with Gasteiger partial charge in [0.15, 0.2) is 6.61 Å². The highest BCUT2D eigenvalue weighted by atomic mass is 35.5. The Morgan fingerprint density at radius 3 is 2.48 bits per heavy atom. The molecule has 1 amide bonds. The molecular formula is C17H17Cl2NO3. The van der Waals surface area contributed by atoms with E-state index in [1.165, 1.54) is 0 Å². The van der Waals surface area contributed by atoms with Gasteiger partial charge in [-0.3, -0.25) is 4.79 Å². The maximum absolute atomic E-state index is 12.0. The second kappa shape index (κ2) is 8.09. The molecule has 6 heteroatoms. The maximum Gasteiger partial charge on any atom is 0.258 e. The van der Waals surface area contributed by atoms with Crippen molar-refractivity contribution < 1.29 is 14.3 Å². The van der Waals surface area contributed by atoms with E-state index in [9.17, 15) is 4.79 Å². The quantitative estimate of drug-likeness (QED) is 0.843. The summed E-state index contributed by atoms with van der Waals surface area (Å²) in [5.74, 6) is 0.954. The van der Waals surface area contributed by atoms with Gasteiger partial charge in [-0.15, -0.1) is 0 Å². The molecule has 1 N–H and O–H groups in total. The van der Waals surface area contributed by atoms with Crippen molar-refractivity contribution in [2.75, 3.05) is 13.7 Å². The molecule has 0 aliphatic heterocycles. The standard InChI is InChI=1S/C17H17Cl2NO3/c1-11(12-3-6-14(22-2)7-4-12)20-17(21)10-23-16-8-5-13(18)9-15(16)19/h3-9,11H,10H2,1-2H3,(H,20,21). The lowest BCUT2D eigenvalue weighted by atomic mass is 10.1. The highest BCUT2D eigenvalue weighted by Crippen LogP contribution is 2.27. The minimum absolute atomic E-state index is 0.123. The number of carbonyl (C=O) groups excluding carboxylic acids is 1. The summed E-state index contributed by atoms with van der Waals surface area (Å²) < 4.78 is 10.5. The molecule has 0 aliphatic rings. The number of ether oxygens (including phenoxy) is 2. The Kier molecular flexibility index (Phi) is 6.13. The van der Waals surface area contributed by atoms with Crippen molar-refractivity contribution in [3.05, 3.63) is 58.1 Å². The monoisotopic (exact) mass is 353 g/mol. The molecule has 0 heterocycles. The van der Waals surface area contributed by atoms with Crippen LogP contribution in [0.15, 0.2) is 42.5 Å². The topological polar surface area (TPSA) is 47.6 Å². The Balaban J connectivity index is 1.88. The van der Waals surface area contributed by atoms with E-state index < -0.39 is 0 Å². The largest absolute Gasteiger partial charge is 0.497 e. The number of methoxy groups -OCH3 is 1. The van der Waals surface area contributed by atoms with E-state index in [0.29, 0.717) is 15.8 Å². The lowest BCUT2D eigenvalue weighted by molar-refractivity contribution is -0.123. The van der Waals surface area contributed by atoms with Crippen LogP contribution in [-0.2, 0) is 4.79 Å². The van der Waals surface area contributed by atoms with Crippen molar-refractivity contribution in [2.45, 2.75) is 13.0 Å². The smallest absolute Gasteiger partial charge is 0.258 e. The fourth-order valence-corrected chi connectivity index (χ4v) is 2.46. The Labute approximate surface area is 145 Å². The van der Waals surface area contributed by atoms with Crippen LogP contribution >= 0.6 is 23.2 Å². The third-order valence-corrected chi connectivity index (χ3v) is 3.78. The lowest BCUT2D eigenvalue weighted by Crippen LogP contribution is -2.31. The second-order valence-corrected chi connectivity index (χ2v) is 5.77. The molecule has 0 saturated heterocycles. The van der Waals surface area contributed by atoms with Crippen LogP contribution in [0, 0.1) is 0 Å². The summed E-state index contributed by atoms with van der Waals surface area (Å²) in [7, 11) is 1.61. The predicted octanol–water partition coefficient (Wildman–Crippen LogP) is 4.26. The van der Waals surface area contributed by atoms with Crippen LogP contribution in [0.3, 0.4) is 0 Å². The van der Waals surface area contributed by atoms with Crippen LogP contribution in [0.4, 0.5) is 0 Å². The number of amides is 1. The molecule has 0 fully saturated rings. The van der Waals surface area contributed by atoms with Crippen molar-refractivity contribution in [1.29, 1.82) is 0 Å². The molecule has 23 heavy (non-hydrogen) atoms. The molecule has 122 valence electrons. The maximum atomic E-state index is 12.0. The number of rotatable bonds is 6. The van der Waals surface area contributed by atoms with Crippen molar-refractivity contribution in [3.63, 3.8) is 0 Å². The Hall–Kier alpha value is -1.91. The van der Waals surface area contributed by atoms with Gasteiger partial charge in [-0.1, -0.05) is 35.3 Å². The highest BCUT2D eigenvalue weighted by molar-refractivity contribution is 6.35. The van der Waals surface area contributed by atoms with Gasteiger partial charge in [-0.2, -0.15) is 0 Å². The van der Waals surface area contributed by atoms with Gasteiger partial charge < -0.3 is 14.8 Å². The summed E-state index contributed by atoms with van der Waals surface area (Å²) in [6.45, 7) is 1.77. The molecule has 1 unspecified atom stereocenters. The number of nitrogens with one attached hydrogen (secondary N) is 1. The summed E-state index contributed by atoms with van der Waals surface area (Å²) in [6, 6.07) is 12.2. The van der Waals surface area contributed by atoms with Crippen molar-refractivity contribution in [3.8, 4) is 11.5 Å². The van der Waals surface area contributed by atoms with Crippen LogP contribution in [-0.4, -0.2) is 19.6 Å². The Bertz CT molecular complexity index is 674. The minimum atomic E-state index is -0.237. The van der Waals surface area contributed by atoms with Crippen LogP contribution in [0.25, 0.3) is 0 Å². The van der Waals surface area contributed by atoms with Crippen LogP contribution in [0.5, 0.6) is 11.5 Å². The van der Waals surface area contributed by atoms with Gasteiger partial charge in [0, 0.05) is 5.02 Å². The first-order chi connectivity index (χ1) is 11.0. The SMILES string of the molecule is COc1ccc(C(C)NC(=O)COc2ccc(Cl)cc2Cl)cc1. The average molecular weight is 354 g/mol. The fourth-order valence-electron chi connectivity index (χ4n) is 1.99. The van der Waals surface area contributed by atoms with Crippen LogP contribution in [0.2, 0.25) is 10.0 Å². The van der Waals surface area contributed by atoms with Gasteiger partial charge in [0.1, 0.15) is 11.5 Å². The summed E-state index contributed by atoms with van der Waals surface area (Å²) in [4.78, 5) is 12.0. The van der Waals surface area contributed by atoms with Crippen LogP contribution < -0.4 is 14.8 Å². The molecule has 0 spiro atoms. The lowest BCUT2D eigenvalue weighted by Gasteiger charge is -2.15. The van der Waals surface area contributed by atoms with Gasteiger partial charge in [0.25, 0.3) is 5.91 Å². The molecule has 0 saturated carbocycles. The number of hydrogen-bond acceptors (Lipinski definition) is 3. The first-order valence-corrected chi connectivity index (χ1v) is 7.76. The highest BCUT2D eigenvalue weighted by Gasteiger charge is 2.11. The van der Waals surface area contributed by atoms with Crippen molar-refractivity contribution >= 4 is 29.1 Å². The average Bonchev–Trinajstić information content (AvgIpc) is 2.54. The molecule has 0 bridgehead atoms. The summed E-state index contributed by atoms with van der Waals surface area (Å²) >= 11 is 11.8. The zero-order valence-corrected chi connectivity index (χ0v) is 14.3. The Morgan fingerprint density at radius 1 is 1.17 bits per heavy atom. The molecule has 0 aliphatic carbocycles. The van der Waals surface area contributed by atoms with E-state index >= 15 is 0 Å². The molecule has 1 atom stereocenters. The fraction of sp³-hybridized carbons (Fsp3) is 0.235. The molecular weight excluding hydrogens is 337 g/mol. The first kappa shape index (κ1) is 17.4. The van der Waals surface area contributed by atoms with E-state index in [1.807, 2.05) is 31.2 Å². The van der Waals surface area contributed by atoms with Gasteiger partial charge in [-0.25, -0.2) is 0 Å². The van der Waals surface area contributed by atoms with E-state index in [1.54, 1.807) is 25.3 Å². The van der Waals surface area contributed by atoms with Gasteiger partial charge in [0.05, 0.1) is 18.2 Å². The normalized spacial score (nSPS) is 11.7. The number of benzene rings is 2. The Morgan fingerprint density at radius 2 is 1.87 bits per heavy atom. The summed E-state index contributed by atoms with van der Waals surface area (Å²) in [5, 5.41) is 3.74. The van der Waals surface area contributed by atoms with E-state index in [4.69, 9.17) is 32.7 Å². The molecule has 4 nitrogen and oxygen atoms in total. The van der Waals surface area contributed by atoms with Crippen molar-refractivity contribution in [2.24, 2.45) is 0 Å². The molecule has 2 aromatic carbocycles. The summed E-state index contributed by atoms with van der Waals surface area (Å²) in [6.07, 6.45) is 0. The molecule has 0 aromatic heterocycles. The van der Waals surface area contributed by atoms with Crippen molar-refractivity contribution in [1.82, 2.24) is 5.32 Å². The van der Waals surface area contributed by atoms with Gasteiger partial charge >= 0.3 is 0 Å². The van der Waals surface area contributed by atoms with E-state index in [-0.39, 0.29) is 18.6 Å². The third kappa shape index (κ3) is 5.05. The zero-order chi connectivity index (χ0) is 16.8. The molecule has 2 aromatic rings. The number of hydrogen-bond donors (Lipinski definition) is 1. The minimum Gasteiger partial charge on any atom is -0.497 e.